The van der Waals surface area contributed by atoms with Gasteiger partial charge < -0.3 is 4.90 Å². The average molecular weight is 348 g/mol. The first kappa shape index (κ1) is 15.6. The minimum absolute atomic E-state index is 0.102. The second kappa shape index (κ2) is 5.88. The number of nitrogens with zero attached hydrogens (tertiary/aromatic N) is 3. The molecule has 1 aromatic heterocycles. The average Bonchev–Trinajstić information content (AvgIpc) is 3.27. The summed E-state index contributed by atoms with van der Waals surface area (Å²) in [7, 11) is 0. The lowest BCUT2D eigenvalue weighted by atomic mass is 10.0. The molecule has 2 aromatic rings. The molecule has 1 saturated heterocycles. The number of halogens is 2. The maximum absolute atomic E-state index is 13.0. The predicted molar refractivity (Wildman–Crippen MR) is 90.7 cm³/mol. The van der Waals surface area contributed by atoms with Crippen molar-refractivity contribution >= 4 is 17.5 Å². The highest BCUT2D eigenvalue weighted by molar-refractivity contribution is 6.31. The van der Waals surface area contributed by atoms with Crippen LogP contribution in [0.5, 0.6) is 0 Å². The van der Waals surface area contributed by atoms with E-state index in [0.29, 0.717) is 23.0 Å². The molecule has 0 radical (unpaired) electrons. The number of hydrogen-bond donors (Lipinski definition) is 0. The summed E-state index contributed by atoms with van der Waals surface area (Å²) in [6, 6.07) is 5.51. The van der Waals surface area contributed by atoms with Crippen molar-refractivity contribution in [2.24, 2.45) is 0 Å². The zero-order valence-electron chi connectivity index (χ0n) is 13.5. The van der Waals surface area contributed by atoms with Gasteiger partial charge in [0.2, 0.25) is 0 Å². The number of hydrogen-bond acceptors (Lipinski definition) is 2. The van der Waals surface area contributed by atoms with Crippen LogP contribution in [0.15, 0.2) is 24.4 Å². The molecule has 2 fully saturated rings. The molecule has 1 amide bonds. The summed E-state index contributed by atoms with van der Waals surface area (Å²) in [5, 5.41) is 5.13. The van der Waals surface area contributed by atoms with Crippen LogP contribution in [0.25, 0.3) is 5.69 Å². The van der Waals surface area contributed by atoms with Crippen molar-refractivity contribution in [3.8, 4) is 5.69 Å². The van der Waals surface area contributed by atoms with E-state index in [2.05, 4.69) is 5.10 Å². The fourth-order valence-corrected chi connectivity index (χ4v) is 3.39. The van der Waals surface area contributed by atoms with Gasteiger partial charge in [-0.25, -0.2) is 9.07 Å². The van der Waals surface area contributed by atoms with Gasteiger partial charge in [0.15, 0.2) is 0 Å². The summed E-state index contributed by atoms with van der Waals surface area (Å²) in [4.78, 5) is 14.4. The van der Waals surface area contributed by atoms with Gasteiger partial charge in [-0.05, 0) is 43.9 Å². The number of benzene rings is 1. The van der Waals surface area contributed by atoms with Gasteiger partial charge in [0.25, 0.3) is 5.91 Å². The van der Waals surface area contributed by atoms with E-state index in [1.807, 2.05) is 29.8 Å². The normalized spacial score (nSPS) is 20.1. The number of aromatic nitrogens is 2. The molecular formula is C18H19ClFN3O. The number of rotatable bonds is 4. The highest BCUT2D eigenvalue weighted by Gasteiger charge is 2.38. The zero-order valence-corrected chi connectivity index (χ0v) is 14.3. The van der Waals surface area contributed by atoms with E-state index < -0.39 is 6.67 Å². The van der Waals surface area contributed by atoms with Crippen LogP contribution in [0.2, 0.25) is 5.02 Å². The number of likely N-dealkylation sites (tertiary alicyclic amines) is 1. The maximum Gasteiger partial charge on any atom is 0.257 e. The molecule has 24 heavy (non-hydrogen) atoms. The third-order valence-corrected chi connectivity index (χ3v) is 5.39. The Morgan fingerprint density at radius 2 is 2.17 bits per heavy atom. The van der Waals surface area contributed by atoms with Crippen molar-refractivity contribution in [2.45, 2.75) is 38.1 Å². The molecule has 2 aliphatic rings. The number of aryl methyl sites for hydroxylation is 1. The molecule has 4 nitrogen and oxygen atoms in total. The van der Waals surface area contributed by atoms with Gasteiger partial charge in [-0.3, -0.25) is 4.79 Å². The highest BCUT2D eigenvalue weighted by Crippen LogP contribution is 2.43. The van der Waals surface area contributed by atoms with Crippen molar-refractivity contribution in [2.75, 3.05) is 13.2 Å². The Morgan fingerprint density at radius 3 is 2.75 bits per heavy atom. The van der Waals surface area contributed by atoms with Gasteiger partial charge in [0.1, 0.15) is 6.67 Å². The second-order valence-corrected chi connectivity index (χ2v) is 7.07. The van der Waals surface area contributed by atoms with Crippen LogP contribution in [0, 0.1) is 6.92 Å². The van der Waals surface area contributed by atoms with Crippen LogP contribution in [0.1, 0.15) is 46.8 Å². The minimum Gasteiger partial charge on any atom is -0.333 e. The lowest BCUT2D eigenvalue weighted by molar-refractivity contribution is 0.0401. The van der Waals surface area contributed by atoms with Gasteiger partial charge >= 0.3 is 0 Å². The van der Waals surface area contributed by atoms with E-state index in [9.17, 15) is 9.18 Å². The molecule has 1 aromatic carbocycles. The SMILES string of the molecule is Cc1ccc(-n2ncc(C(=O)N3CCC3CF)c2C2CC2)cc1Cl. The first-order chi connectivity index (χ1) is 11.6. The molecule has 1 atom stereocenters. The lowest BCUT2D eigenvalue weighted by Crippen LogP contribution is -2.52. The standard InChI is InChI=1S/C18H19ClFN3O/c1-11-2-5-13(8-16(11)19)23-17(12-3-4-12)15(10-21-23)18(24)22-7-6-14(22)9-20/h2,5,8,10,12,14H,3-4,6-7,9H2,1H3. The van der Waals surface area contributed by atoms with E-state index in [0.717, 1.165) is 36.2 Å². The van der Waals surface area contributed by atoms with Crippen LogP contribution in [-0.4, -0.2) is 39.8 Å². The van der Waals surface area contributed by atoms with Gasteiger partial charge in [0, 0.05) is 17.5 Å². The molecule has 1 aliphatic carbocycles. The van der Waals surface area contributed by atoms with Crippen LogP contribution in [0.4, 0.5) is 4.39 Å². The number of alkyl halides is 1. The first-order valence-electron chi connectivity index (χ1n) is 8.31. The van der Waals surface area contributed by atoms with E-state index in [-0.39, 0.29) is 11.9 Å². The quantitative estimate of drug-likeness (QED) is 0.841. The molecule has 1 unspecified atom stereocenters. The Hall–Kier alpha value is -1.88. The Balaban J connectivity index is 1.73. The Labute approximate surface area is 145 Å². The van der Waals surface area contributed by atoms with E-state index >= 15 is 0 Å². The van der Waals surface area contributed by atoms with Gasteiger partial charge in [0.05, 0.1) is 29.2 Å². The molecule has 1 saturated carbocycles. The fourth-order valence-electron chi connectivity index (χ4n) is 3.21. The molecule has 126 valence electrons. The van der Waals surface area contributed by atoms with Crippen molar-refractivity contribution in [3.05, 3.63) is 46.2 Å². The van der Waals surface area contributed by atoms with Crippen LogP contribution >= 0.6 is 11.6 Å². The summed E-state index contributed by atoms with van der Waals surface area (Å²) in [6.07, 6.45) is 4.47. The fraction of sp³-hybridized carbons (Fsp3) is 0.444. The van der Waals surface area contributed by atoms with Gasteiger partial charge in [-0.15, -0.1) is 0 Å². The second-order valence-electron chi connectivity index (χ2n) is 6.66. The number of carbonyl (C=O) groups excluding carboxylic acids is 1. The summed E-state index contributed by atoms with van der Waals surface area (Å²) in [6.45, 7) is 2.10. The Bertz CT molecular complexity index is 798. The Morgan fingerprint density at radius 1 is 1.38 bits per heavy atom. The minimum atomic E-state index is -0.480. The van der Waals surface area contributed by atoms with Crippen LogP contribution in [-0.2, 0) is 0 Å². The van der Waals surface area contributed by atoms with Crippen LogP contribution in [0.3, 0.4) is 0 Å². The molecule has 4 rings (SSSR count). The Kier molecular flexibility index (Phi) is 3.83. The van der Waals surface area contributed by atoms with E-state index in [1.54, 1.807) is 11.1 Å². The topological polar surface area (TPSA) is 38.1 Å². The third kappa shape index (κ3) is 2.51. The van der Waals surface area contributed by atoms with Crippen molar-refractivity contribution in [1.29, 1.82) is 0 Å². The van der Waals surface area contributed by atoms with Crippen molar-refractivity contribution < 1.29 is 9.18 Å². The largest absolute Gasteiger partial charge is 0.333 e. The van der Waals surface area contributed by atoms with Crippen LogP contribution < -0.4 is 0 Å². The third-order valence-electron chi connectivity index (χ3n) is 4.98. The predicted octanol–water partition coefficient (Wildman–Crippen LogP) is 3.90. The molecule has 1 aliphatic heterocycles. The summed E-state index contributed by atoms with van der Waals surface area (Å²) in [5.41, 5.74) is 3.40. The van der Waals surface area contributed by atoms with Crippen molar-refractivity contribution in [3.63, 3.8) is 0 Å². The first-order valence-corrected chi connectivity index (χ1v) is 8.69. The highest BCUT2D eigenvalue weighted by atomic mass is 35.5. The molecule has 2 heterocycles. The van der Waals surface area contributed by atoms with E-state index in [1.165, 1.54) is 0 Å². The monoisotopic (exact) mass is 347 g/mol. The summed E-state index contributed by atoms with van der Waals surface area (Å²) < 4.78 is 14.8. The maximum atomic E-state index is 13.0. The number of amides is 1. The molecule has 0 N–H and O–H groups in total. The smallest absolute Gasteiger partial charge is 0.257 e. The summed E-state index contributed by atoms with van der Waals surface area (Å²) in [5.74, 6) is 0.242. The van der Waals surface area contributed by atoms with E-state index in [4.69, 9.17) is 11.6 Å². The molecule has 0 bridgehead atoms. The zero-order chi connectivity index (χ0) is 16.8. The summed E-state index contributed by atoms with van der Waals surface area (Å²) >= 11 is 6.24. The van der Waals surface area contributed by atoms with Gasteiger partial charge in [-0.1, -0.05) is 17.7 Å². The van der Waals surface area contributed by atoms with Gasteiger partial charge in [-0.2, -0.15) is 5.10 Å². The lowest BCUT2D eigenvalue weighted by Gasteiger charge is -2.39. The molecular weight excluding hydrogens is 329 g/mol. The molecule has 6 heteroatoms. The number of carbonyl (C=O) groups is 1. The van der Waals surface area contributed by atoms with Crippen molar-refractivity contribution in [1.82, 2.24) is 14.7 Å². The molecule has 0 spiro atoms.